The van der Waals surface area contributed by atoms with Gasteiger partial charge in [0.25, 0.3) is 7.82 Å². The highest BCUT2D eigenvalue weighted by atomic mass is 31.2. The number of rotatable bonds is 48. The van der Waals surface area contributed by atoms with E-state index < -0.39 is 32.5 Å². The fourth-order valence-electron chi connectivity index (χ4n) is 6.95. The zero-order chi connectivity index (χ0) is 49.9. The topological polar surface area (TPSA) is 111 Å². The number of carbonyl (C=O) groups is 2. The highest BCUT2D eigenvalue weighted by Crippen LogP contribution is 2.38. The molecule has 0 aliphatic heterocycles. The molecule has 2 unspecified atom stereocenters. The number of hydrogen-bond donors (Lipinski definition) is 0. The number of ether oxygens (including phenoxy) is 2. The normalized spacial score (nSPS) is 14.1. The molecule has 0 aromatic carbocycles. The van der Waals surface area contributed by atoms with Gasteiger partial charge in [-0.2, -0.15) is 0 Å². The summed E-state index contributed by atoms with van der Waals surface area (Å²) in [5.41, 5.74) is 0. The molecule has 0 heterocycles. The van der Waals surface area contributed by atoms with Crippen LogP contribution in [0.15, 0.2) is 97.2 Å². The van der Waals surface area contributed by atoms with E-state index in [0.717, 1.165) is 64.2 Å². The van der Waals surface area contributed by atoms with Gasteiger partial charge in [0.2, 0.25) is 0 Å². The summed E-state index contributed by atoms with van der Waals surface area (Å²) >= 11 is 0. The van der Waals surface area contributed by atoms with Crippen LogP contribution in [0.5, 0.6) is 0 Å². The second-order valence-electron chi connectivity index (χ2n) is 18.9. The molecule has 10 heteroatoms. The van der Waals surface area contributed by atoms with Crippen molar-refractivity contribution in [2.45, 2.75) is 213 Å². The molecular weight excluding hydrogens is 870 g/mol. The number of phosphoric ester groups is 1. The van der Waals surface area contributed by atoms with Crippen LogP contribution >= 0.6 is 7.82 Å². The second-order valence-corrected chi connectivity index (χ2v) is 20.3. The summed E-state index contributed by atoms with van der Waals surface area (Å²) in [5.74, 6) is -0.936. The maximum Gasteiger partial charge on any atom is 0.306 e. The van der Waals surface area contributed by atoms with Crippen molar-refractivity contribution in [3.05, 3.63) is 97.2 Å². The Labute approximate surface area is 417 Å². The summed E-state index contributed by atoms with van der Waals surface area (Å²) in [7, 11) is 1.11. The van der Waals surface area contributed by atoms with Gasteiger partial charge in [-0.1, -0.05) is 207 Å². The van der Waals surface area contributed by atoms with Crippen LogP contribution in [0.2, 0.25) is 0 Å². The molecule has 0 aliphatic carbocycles. The van der Waals surface area contributed by atoms with Crippen LogP contribution in [-0.4, -0.2) is 70.0 Å². The van der Waals surface area contributed by atoms with E-state index in [4.69, 9.17) is 18.5 Å². The van der Waals surface area contributed by atoms with Crippen LogP contribution in [0.4, 0.5) is 0 Å². The summed E-state index contributed by atoms with van der Waals surface area (Å²) in [6.07, 6.45) is 66.1. The first-order valence-electron chi connectivity index (χ1n) is 26.9. The zero-order valence-corrected chi connectivity index (χ0v) is 44.9. The van der Waals surface area contributed by atoms with Gasteiger partial charge in [-0.05, 0) is 83.5 Å². The molecule has 0 spiro atoms. The summed E-state index contributed by atoms with van der Waals surface area (Å²) in [6.45, 7) is 4.02. The molecule has 0 saturated carbocycles. The highest BCUT2D eigenvalue weighted by Gasteiger charge is 2.21. The summed E-state index contributed by atoms with van der Waals surface area (Å²) < 4.78 is 34.0. The SMILES string of the molecule is CC/C=C\C/C=C\C/C=C\C/C=C\C/C=C\C/C=C\CCC(=O)OC(COC(=O)CCCCCCCCCCCCCCC/C=C\C/C=C\CCCCCCC)COP(=O)([O-])OCC[N+](C)(C)C. The van der Waals surface area contributed by atoms with Crippen LogP contribution in [0.25, 0.3) is 0 Å². The lowest BCUT2D eigenvalue weighted by Crippen LogP contribution is -2.37. The van der Waals surface area contributed by atoms with Gasteiger partial charge >= 0.3 is 11.9 Å². The van der Waals surface area contributed by atoms with Crippen LogP contribution in [-0.2, 0) is 32.7 Å². The minimum atomic E-state index is -4.66. The van der Waals surface area contributed by atoms with Crippen LogP contribution in [0.1, 0.15) is 206 Å². The average Bonchev–Trinajstić information content (AvgIpc) is 3.30. The molecule has 0 bridgehead atoms. The molecule has 0 rings (SSSR count). The first kappa shape index (κ1) is 64.9. The lowest BCUT2D eigenvalue weighted by atomic mass is 10.0. The Kier molecular flexibility index (Phi) is 46.7. The van der Waals surface area contributed by atoms with E-state index in [0.29, 0.717) is 23.9 Å². The van der Waals surface area contributed by atoms with Gasteiger partial charge in [0.15, 0.2) is 6.10 Å². The molecule has 68 heavy (non-hydrogen) atoms. The molecule has 0 radical (unpaired) electrons. The predicted molar refractivity (Wildman–Crippen MR) is 286 cm³/mol. The van der Waals surface area contributed by atoms with Crippen LogP contribution in [0.3, 0.4) is 0 Å². The van der Waals surface area contributed by atoms with Crippen molar-refractivity contribution in [2.24, 2.45) is 0 Å². The number of unbranched alkanes of at least 4 members (excludes halogenated alkanes) is 18. The number of hydrogen-bond acceptors (Lipinski definition) is 8. The second kappa shape index (κ2) is 48.9. The van der Waals surface area contributed by atoms with E-state index in [9.17, 15) is 19.0 Å². The van der Waals surface area contributed by atoms with Crippen molar-refractivity contribution in [1.29, 1.82) is 0 Å². The molecule has 0 aromatic heterocycles. The number of likely N-dealkylation sites (N-methyl/N-ethyl adjacent to an activating group) is 1. The Bertz CT molecular complexity index is 1470. The Morgan fingerprint density at radius 3 is 1.31 bits per heavy atom. The Morgan fingerprint density at radius 1 is 0.471 bits per heavy atom. The smallest absolute Gasteiger partial charge is 0.306 e. The maximum atomic E-state index is 12.7. The van der Waals surface area contributed by atoms with Gasteiger partial charge in [-0.3, -0.25) is 14.2 Å². The molecule has 390 valence electrons. The van der Waals surface area contributed by atoms with Gasteiger partial charge < -0.3 is 27.9 Å². The van der Waals surface area contributed by atoms with E-state index in [1.807, 2.05) is 33.3 Å². The molecule has 0 amide bonds. The predicted octanol–water partition coefficient (Wildman–Crippen LogP) is 15.8. The van der Waals surface area contributed by atoms with E-state index in [1.165, 1.54) is 103 Å². The van der Waals surface area contributed by atoms with Crippen LogP contribution < -0.4 is 4.89 Å². The first-order valence-corrected chi connectivity index (χ1v) is 28.4. The fraction of sp³-hybridized carbons (Fsp3) is 0.690. The summed E-state index contributed by atoms with van der Waals surface area (Å²) in [5, 5.41) is 0. The lowest BCUT2D eigenvalue weighted by molar-refractivity contribution is -0.870. The van der Waals surface area contributed by atoms with Crippen molar-refractivity contribution in [2.75, 3.05) is 47.5 Å². The Balaban J connectivity index is 4.30. The molecule has 0 fully saturated rings. The molecule has 9 nitrogen and oxygen atoms in total. The maximum absolute atomic E-state index is 12.7. The molecule has 2 atom stereocenters. The lowest BCUT2D eigenvalue weighted by Gasteiger charge is -2.28. The number of nitrogens with zero attached hydrogens (tertiary/aromatic N) is 1. The molecule has 0 aromatic rings. The van der Waals surface area contributed by atoms with Gasteiger partial charge in [0, 0.05) is 12.8 Å². The third-order valence-electron chi connectivity index (χ3n) is 11.1. The molecule has 0 aliphatic rings. The van der Waals surface area contributed by atoms with Gasteiger partial charge in [-0.25, -0.2) is 0 Å². The molecule has 0 N–H and O–H groups in total. The monoisotopic (exact) mass is 970 g/mol. The fourth-order valence-corrected chi connectivity index (χ4v) is 7.68. The van der Waals surface area contributed by atoms with Crippen molar-refractivity contribution < 1.29 is 42.1 Å². The first-order chi connectivity index (χ1) is 33.0. The number of carbonyl (C=O) groups excluding carboxylic acids is 2. The van der Waals surface area contributed by atoms with Crippen LogP contribution in [0, 0.1) is 0 Å². The van der Waals surface area contributed by atoms with Crippen molar-refractivity contribution >= 4 is 19.8 Å². The standard InChI is InChI=1S/C58H100NO8P/c1-6-8-10-12-14-16-18-20-22-24-26-27-28-29-30-31-33-34-36-38-40-42-44-46-48-50-57(60)64-54-56(55-66-68(62,63)65-53-52-59(3,4)5)67-58(61)51-49-47-45-43-41-39-37-35-32-25-23-21-19-17-15-13-11-9-7-2/h9,11,15,17-18,20-21,23-24,26,32,35,39,41,45,47,56H,6-8,10,12-14,16,19,22,25,27-31,33-34,36-38,40,42-44,46,48-55H2,1-5H3/b11-9-,17-15-,20-18-,23-21-,26-24-,35-32-,41-39-,47-45-. The van der Waals surface area contributed by atoms with Gasteiger partial charge in [-0.15, -0.1) is 0 Å². The summed E-state index contributed by atoms with van der Waals surface area (Å²) in [6, 6.07) is 0. The van der Waals surface area contributed by atoms with Gasteiger partial charge in [0.05, 0.1) is 27.7 Å². The minimum Gasteiger partial charge on any atom is -0.756 e. The average molecular weight is 970 g/mol. The largest absolute Gasteiger partial charge is 0.756 e. The third kappa shape index (κ3) is 52.3. The molecular formula is C58H100NO8P. The van der Waals surface area contributed by atoms with E-state index in [1.54, 1.807) is 0 Å². The quantitative estimate of drug-likeness (QED) is 0.0195. The third-order valence-corrected chi connectivity index (χ3v) is 12.1. The number of phosphoric acid groups is 1. The van der Waals surface area contributed by atoms with Crippen molar-refractivity contribution in [3.63, 3.8) is 0 Å². The number of allylic oxidation sites excluding steroid dienone is 16. The van der Waals surface area contributed by atoms with Gasteiger partial charge in [0.1, 0.15) is 19.8 Å². The van der Waals surface area contributed by atoms with E-state index in [2.05, 4.69) is 98.9 Å². The van der Waals surface area contributed by atoms with E-state index >= 15 is 0 Å². The molecule has 0 saturated heterocycles. The van der Waals surface area contributed by atoms with E-state index in [-0.39, 0.29) is 26.1 Å². The highest BCUT2D eigenvalue weighted by molar-refractivity contribution is 7.45. The summed E-state index contributed by atoms with van der Waals surface area (Å²) in [4.78, 5) is 37.7. The van der Waals surface area contributed by atoms with Crippen molar-refractivity contribution in [3.8, 4) is 0 Å². The number of quaternary nitrogens is 1. The minimum absolute atomic E-state index is 0.0491. The number of esters is 2. The Morgan fingerprint density at radius 2 is 0.868 bits per heavy atom. The zero-order valence-electron chi connectivity index (χ0n) is 44.0. The Hall–Kier alpha value is -3.07. The van der Waals surface area contributed by atoms with Crippen molar-refractivity contribution in [1.82, 2.24) is 0 Å².